The molecule has 1 amide bonds. The number of hydrogen-bond acceptors (Lipinski definition) is 5. The molecule has 136 valence electrons. The Hall–Kier alpha value is -2.76. The molecule has 0 saturated heterocycles. The van der Waals surface area contributed by atoms with Crippen molar-refractivity contribution < 1.29 is 13.2 Å². The third kappa shape index (κ3) is 5.37. The van der Waals surface area contributed by atoms with E-state index in [0.29, 0.717) is 6.54 Å². The van der Waals surface area contributed by atoms with Crippen LogP contribution in [0.4, 0.5) is 0 Å². The molecule has 0 unspecified atom stereocenters. The SMILES string of the molecule is CC(=O)NCc1ccc(S(=O)(=O)N(CCC#N)Cc2cccnc2)cc1. The molecule has 0 bridgehead atoms. The molecular formula is C18H20N4O3S. The van der Waals surface area contributed by atoms with Gasteiger partial charge in [0.2, 0.25) is 15.9 Å². The van der Waals surface area contributed by atoms with Crippen LogP contribution in [0, 0.1) is 11.3 Å². The first-order chi connectivity index (χ1) is 12.4. The average Bonchev–Trinajstić information content (AvgIpc) is 2.64. The lowest BCUT2D eigenvalue weighted by Crippen LogP contribution is -2.31. The Bertz CT molecular complexity index is 875. The molecule has 0 spiro atoms. The van der Waals surface area contributed by atoms with E-state index in [1.54, 1.807) is 36.7 Å². The molecule has 1 heterocycles. The zero-order valence-electron chi connectivity index (χ0n) is 14.4. The molecule has 0 saturated carbocycles. The van der Waals surface area contributed by atoms with Gasteiger partial charge in [0.1, 0.15) is 0 Å². The number of benzene rings is 1. The van der Waals surface area contributed by atoms with Crippen molar-refractivity contribution in [2.45, 2.75) is 31.3 Å². The van der Waals surface area contributed by atoms with Crippen LogP contribution < -0.4 is 5.32 Å². The maximum atomic E-state index is 12.9. The van der Waals surface area contributed by atoms with E-state index in [1.807, 2.05) is 6.07 Å². The van der Waals surface area contributed by atoms with Gasteiger partial charge in [0.25, 0.3) is 0 Å². The number of rotatable bonds is 8. The number of carbonyl (C=O) groups excluding carboxylic acids is 1. The van der Waals surface area contributed by atoms with Gasteiger partial charge >= 0.3 is 0 Å². The Balaban J connectivity index is 2.22. The number of hydrogen-bond donors (Lipinski definition) is 1. The molecule has 0 aliphatic heterocycles. The highest BCUT2D eigenvalue weighted by molar-refractivity contribution is 7.89. The van der Waals surface area contributed by atoms with Gasteiger partial charge < -0.3 is 5.32 Å². The summed E-state index contributed by atoms with van der Waals surface area (Å²) in [4.78, 5) is 15.1. The molecule has 26 heavy (non-hydrogen) atoms. The molecule has 0 atom stereocenters. The molecule has 2 rings (SSSR count). The predicted octanol–water partition coefficient (Wildman–Crippen LogP) is 1.82. The van der Waals surface area contributed by atoms with Crippen LogP contribution >= 0.6 is 0 Å². The summed E-state index contributed by atoms with van der Waals surface area (Å²) in [7, 11) is -3.75. The van der Waals surface area contributed by atoms with Crippen molar-refractivity contribution in [2.75, 3.05) is 6.54 Å². The third-order valence-corrected chi connectivity index (χ3v) is 5.52. The molecule has 0 fully saturated rings. The molecule has 7 nitrogen and oxygen atoms in total. The fourth-order valence-electron chi connectivity index (χ4n) is 2.31. The lowest BCUT2D eigenvalue weighted by Gasteiger charge is -2.21. The minimum atomic E-state index is -3.75. The largest absolute Gasteiger partial charge is 0.352 e. The van der Waals surface area contributed by atoms with Gasteiger partial charge in [0.15, 0.2) is 0 Å². The van der Waals surface area contributed by atoms with E-state index in [2.05, 4.69) is 10.3 Å². The summed E-state index contributed by atoms with van der Waals surface area (Å²) in [5, 5.41) is 11.5. The monoisotopic (exact) mass is 372 g/mol. The van der Waals surface area contributed by atoms with Crippen LogP contribution in [0.3, 0.4) is 0 Å². The highest BCUT2D eigenvalue weighted by atomic mass is 32.2. The lowest BCUT2D eigenvalue weighted by atomic mass is 10.2. The summed E-state index contributed by atoms with van der Waals surface area (Å²) in [5.74, 6) is -0.152. The Kier molecular flexibility index (Phi) is 6.83. The van der Waals surface area contributed by atoms with Crippen LogP contribution in [0.15, 0.2) is 53.7 Å². The standard InChI is InChI=1S/C18H20N4O3S/c1-15(23)21-13-16-5-7-18(8-6-16)26(24,25)22(11-3-9-19)14-17-4-2-10-20-12-17/h2,4-8,10,12H,3,11,13-14H2,1H3,(H,21,23). The number of nitriles is 1. The lowest BCUT2D eigenvalue weighted by molar-refractivity contribution is -0.119. The van der Waals surface area contributed by atoms with Gasteiger partial charge in [-0.1, -0.05) is 18.2 Å². The molecule has 1 N–H and O–H groups in total. The average molecular weight is 372 g/mol. The zero-order chi connectivity index (χ0) is 19.0. The van der Waals surface area contributed by atoms with Crippen LogP contribution in [0.2, 0.25) is 0 Å². The molecule has 2 aromatic rings. The van der Waals surface area contributed by atoms with Gasteiger partial charge in [0.05, 0.1) is 11.0 Å². The first-order valence-corrected chi connectivity index (χ1v) is 9.47. The van der Waals surface area contributed by atoms with E-state index in [1.165, 1.54) is 23.4 Å². The van der Waals surface area contributed by atoms with Gasteiger partial charge in [-0.3, -0.25) is 9.78 Å². The fraction of sp³-hybridized carbons (Fsp3) is 0.278. The second kappa shape index (κ2) is 9.08. The highest BCUT2D eigenvalue weighted by Crippen LogP contribution is 2.19. The summed E-state index contributed by atoms with van der Waals surface area (Å²) in [6.45, 7) is 2.00. The van der Waals surface area contributed by atoms with Gasteiger partial charge in [-0.05, 0) is 29.3 Å². The molecular weight excluding hydrogens is 352 g/mol. The number of nitrogens with one attached hydrogen (secondary N) is 1. The quantitative estimate of drug-likeness (QED) is 0.761. The predicted molar refractivity (Wildman–Crippen MR) is 96.0 cm³/mol. The second-order valence-electron chi connectivity index (χ2n) is 5.66. The van der Waals surface area contributed by atoms with Gasteiger partial charge in [-0.2, -0.15) is 9.57 Å². The topological polar surface area (TPSA) is 103 Å². The summed E-state index contributed by atoms with van der Waals surface area (Å²) < 4.78 is 27.2. The number of carbonyl (C=O) groups is 1. The second-order valence-corrected chi connectivity index (χ2v) is 7.60. The number of pyridine rings is 1. The van der Waals surface area contributed by atoms with Crippen LogP contribution in [0.1, 0.15) is 24.5 Å². The summed E-state index contributed by atoms with van der Waals surface area (Å²) in [6.07, 6.45) is 3.32. The minimum Gasteiger partial charge on any atom is -0.352 e. The number of nitrogens with zero attached hydrogens (tertiary/aromatic N) is 3. The Morgan fingerprint density at radius 1 is 1.23 bits per heavy atom. The molecule has 8 heteroatoms. The van der Waals surface area contributed by atoms with E-state index in [4.69, 9.17) is 5.26 Å². The summed E-state index contributed by atoms with van der Waals surface area (Å²) >= 11 is 0. The normalized spacial score (nSPS) is 11.1. The zero-order valence-corrected chi connectivity index (χ0v) is 15.2. The fourth-order valence-corrected chi connectivity index (χ4v) is 3.74. The van der Waals surface area contributed by atoms with E-state index in [9.17, 15) is 13.2 Å². The van der Waals surface area contributed by atoms with Crippen LogP contribution in [-0.2, 0) is 27.9 Å². The van der Waals surface area contributed by atoms with Gasteiger partial charge in [-0.15, -0.1) is 0 Å². The molecule has 1 aromatic carbocycles. The van der Waals surface area contributed by atoms with E-state index in [0.717, 1.165) is 11.1 Å². The molecule has 0 aliphatic carbocycles. The van der Waals surface area contributed by atoms with Crippen molar-refractivity contribution in [1.82, 2.24) is 14.6 Å². The Morgan fingerprint density at radius 2 is 1.96 bits per heavy atom. The third-order valence-electron chi connectivity index (χ3n) is 3.66. The van der Waals surface area contributed by atoms with Crippen molar-refractivity contribution in [3.8, 4) is 6.07 Å². The van der Waals surface area contributed by atoms with E-state index >= 15 is 0 Å². The maximum absolute atomic E-state index is 12.9. The minimum absolute atomic E-state index is 0.0973. The van der Waals surface area contributed by atoms with Crippen LogP contribution in [0.5, 0.6) is 0 Å². The number of aromatic nitrogens is 1. The number of amides is 1. The van der Waals surface area contributed by atoms with Crippen molar-refractivity contribution >= 4 is 15.9 Å². The van der Waals surface area contributed by atoms with Crippen molar-refractivity contribution in [1.29, 1.82) is 5.26 Å². The highest BCUT2D eigenvalue weighted by Gasteiger charge is 2.24. The maximum Gasteiger partial charge on any atom is 0.243 e. The summed E-state index contributed by atoms with van der Waals surface area (Å²) in [6, 6.07) is 11.9. The first-order valence-electron chi connectivity index (χ1n) is 8.03. The first kappa shape index (κ1) is 19.6. The van der Waals surface area contributed by atoms with Crippen LogP contribution in [-0.4, -0.2) is 30.2 Å². The smallest absolute Gasteiger partial charge is 0.243 e. The van der Waals surface area contributed by atoms with Crippen molar-refractivity contribution in [2.24, 2.45) is 0 Å². The van der Waals surface area contributed by atoms with Crippen molar-refractivity contribution in [3.05, 3.63) is 59.9 Å². The summed E-state index contributed by atoms with van der Waals surface area (Å²) in [5.41, 5.74) is 1.55. The van der Waals surface area contributed by atoms with Gasteiger partial charge in [-0.25, -0.2) is 8.42 Å². The number of sulfonamides is 1. The van der Waals surface area contributed by atoms with Crippen LogP contribution in [0.25, 0.3) is 0 Å². The molecule has 0 aliphatic rings. The Labute approximate surface area is 153 Å². The van der Waals surface area contributed by atoms with Crippen molar-refractivity contribution in [3.63, 3.8) is 0 Å². The molecule has 0 radical (unpaired) electrons. The Morgan fingerprint density at radius 3 is 2.54 bits per heavy atom. The van der Waals surface area contributed by atoms with E-state index < -0.39 is 10.0 Å². The van der Waals surface area contributed by atoms with Gasteiger partial charge in [0, 0.05) is 45.4 Å². The van der Waals surface area contributed by atoms with E-state index in [-0.39, 0.29) is 30.3 Å². The molecule has 1 aromatic heterocycles.